The highest BCUT2D eigenvalue weighted by molar-refractivity contribution is 7.09. The molecule has 13 heteroatoms. The summed E-state index contributed by atoms with van der Waals surface area (Å²) in [5, 5.41) is 12.6. The Kier molecular flexibility index (Phi) is 6.19. The molecule has 0 spiro atoms. The summed E-state index contributed by atoms with van der Waals surface area (Å²) in [6.45, 7) is 0. The highest BCUT2D eigenvalue weighted by atomic mass is 32.1. The molecular formula is C42H28N10O2S. The fourth-order valence-electron chi connectivity index (χ4n) is 8.68. The highest BCUT2D eigenvalue weighted by Gasteiger charge is 2.70. The molecule has 0 amide bonds. The minimum absolute atomic E-state index is 0.357. The predicted molar refractivity (Wildman–Crippen MR) is 211 cm³/mol. The molecule has 12 nitrogen and oxygen atoms in total. The fourth-order valence-corrected chi connectivity index (χ4v) is 9.44. The number of nitrogens with one attached hydrogen (secondary N) is 4. The summed E-state index contributed by atoms with van der Waals surface area (Å²) in [6, 6.07) is 35.3. The molecule has 3 unspecified atom stereocenters. The lowest BCUT2D eigenvalue weighted by molar-refractivity contribution is -0.0290. The van der Waals surface area contributed by atoms with E-state index in [-0.39, 0.29) is 0 Å². The molecule has 0 bridgehead atoms. The summed E-state index contributed by atoms with van der Waals surface area (Å²) in [4.78, 5) is 36.5. The number of aromatic nitrogens is 9. The number of H-pyrrole nitrogens is 4. The van der Waals surface area contributed by atoms with Crippen molar-refractivity contribution >= 4 is 71.8 Å². The van der Waals surface area contributed by atoms with Gasteiger partial charge in [0.2, 0.25) is 0 Å². The molecule has 0 saturated carbocycles. The minimum Gasteiger partial charge on any atom is -0.364 e. The Morgan fingerprint density at radius 1 is 0.745 bits per heavy atom. The van der Waals surface area contributed by atoms with Crippen LogP contribution in [0.15, 0.2) is 144 Å². The molecule has 1 fully saturated rings. The summed E-state index contributed by atoms with van der Waals surface area (Å²) in [6.07, 6.45) is 7.98. The molecule has 0 aliphatic carbocycles. The van der Waals surface area contributed by atoms with Crippen LogP contribution in [0, 0.1) is 0 Å². The van der Waals surface area contributed by atoms with Gasteiger partial charge in [-0.05, 0) is 23.6 Å². The number of hydrogen-bond acceptors (Lipinski definition) is 9. The fraction of sp³-hybridized carbons (Fsp3) is 0.0714. The number of hydrogen-bond donors (Lipinski definition) is 4. The van der Waals surface area contributed by atoms with Crippen LogP contribution in [0.5, 0.6) is 0 Å². The normalized spacial score (nSPS) is 20.2. The molecule has 55 heavy (non-hydrogen) atoms. The molecule has 4 aromatic carbocycles. The van der Waals surface area contributed by atoms with Gasteiger partial charge in [-0.15, -0.1) is 11.3 Å². The third-order valence-corrected chi connectivity index (χ3v) is 11.8. The maximum atomic E-state index is 7.94. The maximum absolute atomic E-state index is 7.94. The van der Waals surface area contributed by atoms with Crippen LogP contribution in [0.2, 0.25) is 0 Å². The third kappa shape index (κ3) is 4.05. The average Bonchev–Trinajstić information content (AvgIpc) is 4.07. The van der Waals surface area contributed by atoms with Crippen molar-refractivity contribution in [2.45, 2.75) is 17.4 Å². The number of rotatable bonds is 6. The minimum atomic E-state index is -1.57. The van der Waals surface area contributed by atoms with Crippen molar-refractivity contribution in [3.05, 3.63) is 167 Å². The summed E-state index contributed by atoms with van der Waals surface area (Å²) >= 11 is 1.47. The number of imidazole rings is 1. The lowest BCUT2D eigenvalue weighted by Gasteiger charge is -2.43. The first-order valence-electron chi connectivity index (χ1n) is 17.8. The van der Waals surface area contributed by atoms with E-state index in [2.05, 4.69) is 96.5 Å². The molecule has 7 aromatic heterocycles. The quantitative estimate of drug-likeness (QED) is 0.132. The number of benzene rings is 4. The molecular weight excluding hydrogens is 709 g/mol. The van der Waals surface area contributed by atoms with E-state index < -0.39 is 17.4 Å². The summed E-state index contributed by atoms with van der Waals surface area (Å²) in [5.41, 5.74) is 3.58. The molecule has 12 rings (SSSR count). The molecule has 3 atom stereocenters. The van der Waals surface area contributed by atoms with E-state index in [1.165, 1.54) is 11.3 Å². The Labute approximate surface area is 314 Å². The second-order valence-electron chi connectivity index (χ2n) is 13.7. The van der Waals surface area contributed by atoms with Gasteiger partial charge in [0.05, 0.1) is 23.7 Å². The lowest BCUT2D eigenvalue weighted by Crippen LogP contribution is -2.55. The molecule has 11 aromatic rings. The van der Waals surface area contributed by atoms with E-state index in [9.17, 15) is 0 Å². The van der Waals surface area contributed by atoms with Crippen molar-refractivity contribution in [2.24, 2.45) is 0 Å². The topological polar surface area (TPSA) is 153 Å². The Balaban J connectivity index is 1.30. The van der Waals surface area contributed by atoms with Crippen LogP contribution in [-0.2, 0) is 16.0 Å². The zero-order chi connectivity index (χ0) is 36.1. The van der Waals surface area contributed by atoms with E-state index in [4.69, 9.17) is 29.4 Å². The van der Waals surface area contributed by atoms with Gasteiger partial charge in [-0.1, -0.05) is 84.0 Å². The van der Waals surface area contributed by atoms with Crippen LogP contribution in [0.3, 0.4) is 0 Å². The SMILES string of the molecule is c1ccc2[nH]c(C3(c4ccon4)C(c4cccc5c4[nH]c4ccccc45)OC(c4ncc5[nH]cnc5n4)(c4nccs4)N3c3[nH]cc4ccccc34)cc2c1. The number of thiazole rings is 1. The van der Waals surface area contributed by atoms with Crippen molar-refractivity contribution in [3.8, 4) is 0 Å². The average molecular weight is 737 g/mol. The van der Waals surface area contributed by atoms with Gasteiger partial charge in [0.1, 0.15) is 29.4 Å². The monoisotopic (exact) mass is 736 g/mol. The summed E-state index contributed by atoms with van der Waals surface area (Å²) in [5.74, 6) is 1.11. The molecule has 1 aliphatic rings. The number of para-hydroxylation sites is 3. The van der Waals surface area contributed by atoms with Crippen molar-refractivity contribution in [1.29, 1.82) is 0 Å². The second-order valence-corrected chi connectivity index (χ2v) is 14.6. The summed E-state index contributed by atoms with van der Waals surface area (Å²) in [7, 11) is 0. The van der Waals surface area contributed by atoms with E-state index in [1.54, 1.807) is 25.0 Å². The molecule has 0 radical (unpaired) electrons. The number of anilines is 1. The maximum Gasteiger partial charge on any atom is 0.259 e. The molecule has 1 aliphatic heterocycles. The lowest BCUT2D eigenvalue weighted by atomic mass is 9.79. The van der Waals surface area contributed by atoms with Crippen LogP contribution < -0.4 is 4.90 Å². The van der Waals surface area contributed by atoms with Crippen LogP contribution in [0.4, 0.5) is 5.82 Å². The first kappa shape index (κ1) is 30.4. The first-order chi connectivity index (χ1) is 27.2. The Morgan fingerprint density at radius 3 is 2.44 bits per heavy atom. The zero-order valence-electron chi connectivity index (χ0n) is 28.8. The van der Waals surface area contributed by atoms with Crippen molar-refractivity contribution < 1.29 is 9.26 Å². The molecule has 8 heterocycles. The predicted octanol–water partition coefficient (Wildman–Crippen LogP) is 8.82. The second kappa shape index (κ2) is 11.2. The zero-order valence-corrected chi connectivity index (χ0v) is 29.6. The van der Waals surface area contributed by atoms with Crippen molar-refractivity contribution in [2.75, 3.05) is 4.90 Å². The van der Waals surface area contributed by atoms with Crippen LogP contribution >= 0.6 is 11.3 Å². The number of aromatic amines is 4. The standard InChI is InChI=1S/C42H28N10O2S/c1-3-10-26-25(9-1)21-44-38(26)52-41(33-16-18-53-51-33,34-20-24-8-2-5-14-30(24)48-34)36(29-13-7-12-28-27-11-4-6-15-31(27)49-35(28)29)54-42(52,40-43-17-19-55-40)39-45-22-32-37(50-39)47-23-46-32/h1-23,36,44,48-49H,(H,45,46,47,50). The van der Waals surface area contributed by atoms with Gasteiger partial charge in [0.25, 0.3) is 5.72 Å². The van der Waals surface area contributed by atoms with Gasteiger partial charge in [0, 0.05) is 62.0 Å². The van der Waals surface area contributed by atoms with Crippen LogP contribution in [-0.4, -0.2) is 45.0 Å². The van der Waals surface area contributed by atoms with Gasteiger partial charge in [-0.2, -0.15) is 0 Å². The Bertz CT molecular complexity index is 3160. The first-order valence-corrected chi connectivity index (χ1v) is 18.7. The van der Waals surface area contributed by atoms with Gasteiger partial charge < -0.3 is 29.2 Å². The van der Waals surface area contributed by atoms with Gasteiger partial charge in [-0.3, -0.25) is 4.90 Å². The van der Waals surface area contributed by atoms with Crippen LogP contribution in [0.1, 0.15) is 33.9 Å². The third-order valence-electron chi connectivity index (χ3n) is 11.0. The number of nitrogens with zero attached hydrogens (tertiary/aromatic N) is 6. The summed E-state index contributed by atoms with van der Waals surface area (Å²) < 4.78 is 13.7. The molecule has 4 N–H and O–H groups in total. The highest BCUT2D eigenvalue weighted by Crippen LogP contribution is 2.64. The number of fused-ring (bicyclic) bond motifs is 6. The van der Waals surface area contributed by atoms with E-state index in [1.807, 2.05) is 48.0 Å². The Morgan fingerprint density at radius 2 is 1.58 bits per heavy atom. The molecule has 264 valence electrons. The number of ether oxygens (including phenoxy) is 1. The van der Waals surface area contributed by atoms with Crippen molar-refractivity contribution in [3.63, 3.8) is 0 Å². The van der Waals surface area contributed by atoms with E-state index in [0.29, 0.717) is 27.7 Å². The van der Waals surface area contributed by atoms with E-state index >= 15 is 0 Å². The van der Waals surface area contributed by atoms with Gasteiger partial charge >= 0.3 is 0 Å². The Hall–Kier alpha value is -7.09. The van der Waals surface area contributed by atoms with E-state index in [0.717, 1.165) is 60.6 Å². The van der Waals surface area contributed by atoms with Crippen LogP contribution in [0.25, 0.3) is 54.6 Å². The van der Waals surface area contributed by atoms with Gasteiger partial charge in [-0.25, -0.2) is 19.9 Å². The largest absolute Gasteiger partial charge is 0.364 e. The smallest absolute Gasteiger partial charge is 0.259 e. The molecule has 1 saturated heterocycles. The van der Waals surface area contributed by atoms with Crippen molar-refractivity contribution in [1.82, 2.24) is 45.0 Å². The van der Waals surface area contributed by atoms with Gasteiger partial charge in [0.15, 0.2) is 22.0 Å².